The van der Waals surface area contributed by atoms with Gasteiger partial charge in [0, 0.05) is 38.8 Å². The van der Waals surface area contributed by atoms with E-state index in [0.29, 0.717) is 44.6 Å². The molecule has 0 spiro atoms. The first-order chi connectivity index (χ1) is 11.6. The fraction of sp³-hybridized carbons (Fsp3) is 0.889. The van der Waals surface area contributed by atoms with Gasteiger partial charge < -0.3 is 19.9 Å². The van der Waals surface area contributed by atoms with Crippen molar-refractivity contribution in [1.29, 1.82) is 0 Å². The first-order valence-electron chi connectivity index (χ1n) is 9.52. The minimum absolute atomic E-state index is 0.0326. The van der Waals surface area contributed by atoms with Crippen LogP contribution in [0.15, 0.2) is 0 Å². The molecule has 0 unspecified atom stereocenters. The molecule has 3 amide bonds. The Morgan fingerprint density at radius 1 is 0.958 bits per heavy atom. The molecule has 0 bridgehead atoms. The van der Waals surface area contributed by atoms with Gasteiger partial charge >= 0.3 is 6.03 Å². The molecule has 1 aliphatic carbocycles. The van der Waals surface area contributed by atoms with Crippen molar-refractivity contribution in [2.45, 2.75) is 58.1 Å². The smallest absolute Gasteiger partial charge is 0.317 e. The molecule has 1 N–H and O–H groups in total. The lowest BCUT2D eigenvalue weighted by atomic mass is 9.78. The highest BCUT2D eigenvalue weighted by Gasteiger charge is 2.33. The van der Waals surface area contributed by atoms with E-state index in [1.54, 1.807) is 0 Å². The average Bonchev–Trinajstić information content (AvgIpc) is 3.13. The van der Waals surface area contributed by atoms with Crippen molar-refractivity contribution in [3.05, 3.63) is 0 Å². The third-order valence-corrected chi connectivity index (χ3v) is 6.10. The zero-order chi connectivity index (χ0) is 17.1. The summed E-state index contributed by atoms with van der Waals surface area (Å²) in [5, 5.41) is 3.23. The lowest BCUT2D eigenvalue weighted by Crippen LogP contribution is -2.57. The van der Waals surface area contributed by atoms with Crippen molar-refractivity contribution in [3.8, 4) is 0 Å². The monoisotopic (exact) mass is 337 g/mol. The van der Waals surface area contributed by atoms with Gasteiger partial charge in [0.2, 0.25) is 0 Å². The van der Waals surface area contributed by atoms with Crippen LogP contribution in [0, 0.1) is 11.8 Å². The highest BCUT2D eigenvalue weighted by atomic mass is 16.5. The van der Waals surface area contributed by atoms with Crippen molar-refractivity contribution in [2.75, 3.05) is 32.8 Å². The van der Waals surface area contributed by atoms with E-state index in [1.807, 2.05) is 9.80 Å². The molecule has 6 nitrogen and oxygen atoms in total. The fourth-order valence-corrected chi connectivity index (χ4v) is 4.14. The number of piperazine rings is 1. The Morgan fingerprint density at radius 2 is 1.67 bits per heavy atom. The van der Waals surface area contributed by atoms with E-state index < -0.39 is 0 Å². The van der Waals surface area contributed by atoms with Gasteiger partial charge in [0.05, 0.1) is 0 Å². The van der Waals surface area contributed by atoms with Gasteiger partial charge in [0.1, 0.15) is 6.10 Å². The van der Waals surface area contributed by atoms with Crippen LogP contribution in [0.1, 0.15) is 46.0 Å². The molecule has 6 heteroatoms. The molecule has 3 rings (SSSR count). The van der Waals surface area contributed by atoms with Crippen molar-refractivity contribution >= 4 is 11.9 Å². The van der Waals surface area contributed by atoms with Crippen molar-refractivity contribution < 1.29 is 14.3 Å². The van der Waals surface area contributed by atoms with Gasteiger partial charge in [-0.05, 0) is 31.1 Å². The number of nitrogens with one attached hydrogen (secondary N) is 1. The molecular weight excluding hydrogens is 306 g/mol. The predicted octanol–water partition coefficient (Wildman–Crippen LogP) is 1.84. The van der Waals surface area contributed by atoms with Gasteiger partial charge in [-0.15, -0.1) is 0 Å². The second-order valence-corrected chi connectivity index (χ2v) is 7.64. The first kappa shape index (κ1) is 17.5. The highest BCUT2D eigenvalue weighted by molar-refractivity contribution is 5.81. The van der Waals surface area contributed by atoms with Crippen LogP contribution in [0.25, 0.3) is 0 Å². The largest absolute Gasteiger partial charge is 0.368 e. The third-order valence-electron chi connectivity index (χ3n) is 6.10. The fourth-order valence-electron chi connectivity index (χ4n) is 4.14. The number of nitrogens with zero attached hydrogens (tertiary/aromatic N) is 2. The Bertz CT molecular complexity index is 456. The van der Waals surface area contributed by atoms with Crippen LogP contribution < -0.4 is 5.32 Å². The molecule has 3 fully saturated rings. The molecule has 0 aromatic carbocycles. The highest BCUT2D eigenvalue weighted by Crippen LogP contribution is 2.29. The number of hydrogen-bond acceptors (Lipinski definition) is 3. The minimum Gasteiger partial charge on any atom is -0.368 e. The summed E-state index contributed by atoms with van der Waals surface area (Å²) in [6.07, 6.45) is 5.08. The summed E-state index contributed by atoms with van der Waals surface area (Å²) in [5.74, 6) is 1.30. The Balaban J connectivity index is 1.45. The standard InChI is InChI=1S/C18H31N3O3/c1-13-5-3-6-15(14(13)2)19-18(23)21-10-8-20(9-11-21)17(22)16-7-4-12-24-16/h13-16H,3-12H2,1-2H3,(H,19,23)/t13-,14-,15+,16-/m1/s1. The Morgan fingerprint density at radius 3 is 2.33 bits per heavy atom. The zero-order valence-corrected chi connectivity index (χ0v) is 15.0. The van der Waals surface area contributed by atoms with Crippen LogP contribution in [0.2, 0.25) is 0 Å². The maximum atomic E-state index is 12.5. The van der Waals surface area contributed by atoms with Crippen molar-refractivity contribution in [3.63, 3.8) is 0 Å². The molecule has 2 aliphatic heterocycles. The van der Waals surface area contributed by atoms with E-state index in [9.17, 15) is 9.59 Å². The van der Waals surface area contributed by atoms with E-state index in [4.69, 9.17) is 4.74 Å². The molecule has 1 saturated carbocycles. The first-order valence-corrected chi connectivity index (χ1v) is 9.52. The van der Waals surface area contributed by atoms with E-state index >= 15 is 0 Å². The summed E-state index contributed by atoms with van der Waals surface area (Å²) in [6, 6.07) is 0.318. The summed E-state index contributed by atoms with van der Waals surface area (Å²) >= 11 is 0. The van der Waals surface area contributed by atoms with Crippen LogP contribution in [0.3, 0.4) is 0 Å². The van der Waals surface area contributed by atoms with Gasteiger partial charge in [-0.3, -0.25) is 4.79 Å². The second-order valence-electron chi connectivity index (χ2n) is 7.64. The van der Waals surface area contributed by atoms with Crippen LogP contribution in [-0.4, -0.2) is 66.7 Å². The summed E-state index contributed by atoms with van der Waals surface area (Å²) in [6.45, 7) is 7.66. The number of amides is 3. The maximum Gasteiger partial charge on any atom is 0.317 e. The van der Waals surface area contributed by atoms with Gasteiger partial charge in [0.15, 0.2) is 0 Å². The second kappa shape index (κ2) is 7.72. The van der Waals surface area contributed by atoms with Crippen LogP contribution in [-0.2, 0) is 9.53 Å². The molecule has 4 atom stereocenters. The van der Waals surface area contributed by atoms with Crippen molar-refractivity contribution in [2.24, 2.45) is 11.8 Å². The molecule has 0 aromatic rings. The molecule has 24 heavy (non-hydrogen) atoms. The number of urea groups is 1. The number of carbonyl (C=O) groups is 2. The number of hydrogen-bond donors (Lipinski definition) is 1. The topological polar surface area (TPSA) is 61.9 Å². The van der Waals surface area contributed by atoms with Crippen LogP contribution >= 0.6 is 0 Å². The summed E-state index contributed by atoms with van der Waals surface area (Å²) in [7, 11) is 0. The van der Waals surface area contributed by atoms with E-state index in [-0.39, 0.29) is 24.1 Å². The Labute approximate surface area is 144 Å². The quantitative estimate of drug-likeness (QED) is 0.836. The minimum atomic E-state index is -0.255. The number of carbonyl (C=O) groups excluding carboxylic acids is 2. The van der Waals surface area contributed by atoms with Gasteiger partial charge in [-0.1, -0.05) is 26.7 Å². The Hall–Kier alpha value is -1.30. The SMILES string of the molecule is C[C@@H]1[C@H](C)CCC[C@@H]1NC(=O)N1CCN(C(=O)[C@H]2CCCO2)CC1. The predicted molar refractivity (Wildman–Crippen MR) is 91.6 cm³/mol. The lowest BCUT2D eigenvalue weighted by molar-refractivity contribution is -0.142. The molecule has 3 aliphatic rings. The number of rotatable bonds is 2. The van der Waals surface area contributed by atoms with Crippen LogP contribution in [0.5, 0.6) is 0 Å². The average molecular weight is 337 g/mol. The summed E-state index contributed by atoms with van der Waals surface area (Å²) < 4.78 is 5.48. The lowest BCUT2D eigenvalue weighted by Gasteiger charge is -2.39. The van der Waals surface area contributed by atoms with Gasteiger partial charge in [0.25, 0.3) is 5.91 Å². The Kier molecular flexibility index (Phi) is 5.64. The summed E-state index contributed by atoms with van der Waals surface area (Å²) in [4.78, 5) is 28.6. The molecule has 2 saturated heterocycles. The van der Waals surface area contributed by atoms with E-state index in [0.717, 1.165) is 19.3 Å². The number of ether oxygens (including phenoxy) is 1. The summed E-state index contributed by atoms with van der Waals surface area (Å²) in [5.41, 5.74) is 0. The van der Waals surface area contributed by atoms with E-state index in [1.165, 1.54) is 12.8 Å². The molecule has 136 valence electrons. The maximum absolute atomic E-state index is 12.5. The van der Waals surface area contributed by atoms with Crippen molar-refractivity contribution in [1.82, 2.24) is 15.1 Å². The molecular formula is C18H31N3O3. The third kappa shape index (κ3) is 3.85. The molecule has 0 radical (unpaired) electrons. The zero-order valence-electron chi connectivity index (χ0n) is 15.0. The van der Waals surface area contributed by atoms with Gasteiger partial charge in [-0.2, -0.15) is 0 Å². The van der Waals surface area contributed by atoms with Crippen LogP contribution in [0.4, 0.5) is 4.79 Å². The molecule has 2 heterocycles. The van der Waals surface area contributed by atoms with E-state index in [2.05, 4.69) is 19.2 Å². The van der Waals surface area contributed by atoms with Gasteiger partial charge in [-0.25, -0.2) is 4.79 Å². The normalized spacial score (nSPS) is 34.2. The molecule has 0 aromatic heterocycles.